The molecule has 3 rings (SSSR count). The molecule has 0 radical (unpaired) electrons. The molecular formula is C12H11N3O. The number of fused-ring (bicyclic) bond motifs is 1. The van der Waals surface area contributed by atoms with Gasteiger partial charge in [0.05, 0.1) is 23.1 Å². The number of nitrogens with one attached hydrogen (secondary N) is 1. The molecule has 1 N–H and O–H groups in total. The average molecular weight is 213 g/mol. The third-order valence-corrected chi connectivity index (χ3v) is 2.46. The molecule has 0 fully saturated rings. The summed E-state index contributed by atoms with van der Waals surface area (Å²) in [6.07, 6.45) is 0.673. The van der Waals surface area contributed by atoms with E-state index in [0.717, 1.165) is 28.3 Å². The summed E-state index contributed by atoms with van der Waals surface area (Å²) < 4.78 is 5.02. The molecule has 4 nitrogen and oxygen atoms in total. The molecule has 0 aliphatic carbocycles. The first kappa shape index (κ1) is 9.15. The Labute approximate surface area is 92.3 Å². The maximum Gasteiger partial charge on any atom is 0.133 e. The Hall–Kier alpha value is -2.10. The molecule has 0 aliphatic rings. The zero-order valence-electron chi connectivity index (χ0n) is 8.90. The molecular weight excluding hydrogens is 202 g/mol. The Morgan fingerprint density at radius 3 is 2.94 bits per heavy atom. The van der Waals surface area contributed by atoms with Crippen LogP contribution in [0.3, 0.4) is 0 Å². The van der Waals surface area contributed by atoms with Crippen molar-refractivity contribution in [3.63, 3.8) is 0 Å². The molecule has 4 heteroatoms. The van der Waals surface area contributed by atoms with Crippen LogP contribution < -0.4 is 0 Å². The van der Waals surface area contributed by atoms with Crippen molar-refractivity contribution in [3.05, 3.63) is 47.6 Å². The number of aryl methyl sites for hydroxylation is 1. The molecule has 1 aromatic carbocycles. The van der Waals surface area contributed by atoms with Gasteiger partial charge in [-0.05, 0) is 19.1 Å². The van der Waals surface area contributed by atoms with E-state index >= 15 is 0 Å². The van der Waals surface area contributed by atoms with Gasteiger partial charge in [-0.3, -0.25) is 0 Å². The Kier molecular flexibility index (Phi) is 1.99. The third kappa shape index (κ3) is 1.58. The summed E-state index contributed by atoms with van der Waals surface area (Å²) in [7, 11) is 0. The number of rotatable bonds is 2. The summed E-state index contributed by atoms with van der Waals surface area (Å²) in [5, 5.41) is 3.95. The topological polar surface area (TPSA) is 54.7 Å². The molecule has 0 saturated carbocycles. The first-order chi connectivity index (χ1) is 7.81. The molecule has 16 heavy (non-hydrogen) atoms. The third-order valence-electron chi connectivity index (χ3n) is 2.46. The normalized spacial score (nSPS) is 11.1. The van der Waals surface area contributed by atoms with Gasteiger partial charge in [-0.2, -0.15) is 0 Å². The maximum absolute atomic E-state index is 5.02. The molecule has 2 aromatic heterocycles. The fraction of sp³-hybridized carbons (Fsp3) is 0.167. The van der Waals surface area contributed by atoms with Crippen LogP contribution in [0.2, 0.25) is 0 Å². The van der Waals surface area contributed by atoms with E-state index in [0.29, 0.717) is 6.42 Å². The molecule has 0 aliphatic heterocycles. The second kappa shape index (κ2) is 3.48. The molecule has 2 heterocycles. The minimum Gasteiger partial charge on any atom is -0.361 e. The van der Waals surface area contributed by atoms with Crippen molar-refractivity contribution in [2.24, 2.45) is 0 Å². The zero-order valence-corrected chi connectivity index (χ0v) is 8.90. The Balaban J connectivity index is 1.95. The van der Waals surface area contributed by atoms with Crippen molar-refractivity contribution in [1.82, 2.24) is 15.1 Å². The van der Waals surface area contributed by atoms with Crippen LogP contribution in [0.5, 0.6) is 0 Å². The van der Waals surface area contributed by atoms with Crippen LogP contribution in [0.15, 0.2) is 34.9 Å². The summed E-state index contributed by atoms with van der Waals surface area (Å²) in [4.78, 5) is 7.74. The van der Waals surface area contributed by atoms with Crippen LogP contribution >= 0.6 is 0 Å². The van der Waals surface area contributed by atoms with Gasteiger partial charge in [0.15, 0.2) is 0 Å². The predicted molar refractivity (Wildman–Crippen MR) is 60.1 cm³/mol. The summed E-state index contributed by atoms with van der Waals surface area (Å²) in [6.45, 7) is 1.88. The summed E-state index contributed by atoms with van der Waals surface area (Å²) >= 11 is 0. The molecule has 0 spiro atoms. The van der Waals surface area contributed by atoms with Gasteiger partial charge < -0.3 is 9.51 Å². The smallest absolute Gasteiger partial charge is 0.133 e. The van der Waals surface area contributed by atoms with E-state index in [4.69, 9.17) is 4.52 Å². The Morgan fingerprint density at radius 1 is 1.31 bits per heavy atom. The van der Waals surface area contributed by atoms with E-state index in [9.17, 15) is 0 Å². The van der Waals surface area contributed by atoms with E-state index in [2.05, 4.69) is 15.1 Å². The number of para-hydroxylation sites is 2. The predicted octanol–water partition coefficient (Wildman–Crippen LogP) is 2.45. The van der Waals surface area contributed by atoms with Crippen molar-refractivity contribution < 1.29 is 4.52 Å². The van der Waals surface area contributed by atoms with Gasteiger partial charge in [0, 0.05) is 6.07 Å². The molecule has 3 aromatic rings. The quantitative estimate of drug-likeness (QED) is 0.711. The highest BCUT2D eigenvalue weighted by molar-refractivity contribution is 5.74. The molecule has 0 amide bonds. The van der Waals surface area contributed by atoms with Crippen LogP contribution in [0, 0.1) is 6.92 Å². The Bertz CT molecular complexity index is 591. The largest absolute Gasteiger partial charge is 0.361 e. The lowest BCUT2D eigenvalue weighted by Gasteiger charge is -1.88. The second-order valence-electron chi connectivity index (χ2n) is 3.81. The summed E-state index contributed by atoms with van der Waals surface area (Å²) in [6, 6.07) is 9.90. The lowest BCUT2D eigenvalue weighted by atomic mass is 10.3. The first-order valence-electron chi connectivity index (χ1n) is 5.17. The number of imidazole rings is 1. The van der Waals surface area contributed by atoms with Gasteiger partial charge in [0.1, 0.15) is 11.6 Å². The SMILES string of the molecule is Cc1cc(Cc2nc3ccccc3[nH]2)no1. The van der Waals surface area contributed by atoms with Crippen LogP contribution in [0.4, 0.5) is 0 Å². The van der Waals surface area contributed by atoms with Crippen molar-refractivity contribution in [3.8, 4) is 0 Å². The van der Waals surface area contributed by atoms with E-state index in [1.807, 2.05) is 37.3 Å². The number of H-pyrrole nitrogens is 1. The number of hydrogen-bond acceptors (Lipinski definition) is 3. The van der Waals surface area contributed by atoms with Gasteiger partial charge in [-0.1, -0.05) is 17.3 Å². The number of hydrogen-bond donors (Lipinski definition) is 1. The number of benzene rings is 1. The molecule has 80 valence electrons. The number of nitrogens with zero attached hydrogens (tertiary/aromatic N) is 2. The fourth-order valence-corrected chi connectivity index (χ4v) is 1.76. The minimum atomic E-state index is 0.673. The standard InChI is InChI=1S/C12H11N3O/c1-8-6-9(15-16-8)7-12-13-10-4-2-3-5-11(10)14-12/h2-6H,7H2,1H3,(H,13,14). The lowest BCUT2D eigenvalue weighted by molar-refractivity contribution is 0.391. The van der Waals surface area contributed by atoms with Crippen molar-refractivity contribution in [1.29, 1.82) is 0 Å². The van der Waals surface area contributed by atoms with E-state index < -0.39 is 0 Å². The van der Waals surface area contributed by atoms with Crippen LogP contribution in [-0.2, 0) is 6.42 Å². The number of aromatic nitrogens is 3. The van der Waals surface area contributed by atoms with Gasteiger partial charge >= 0.3 is 0 Å². The van der Waals surface area contributed by atoms with E-state index in [-0.39, 0.29) is 0 Å². The van der Waals surface area contributed by atoms with E-state index in [1.54, 1.807) is 0 Å². The van der Waals surface area contributed by atoms with Crippen molar-refractivity contribution in [2.75, 3.05) is 0 Å². The zero-order chi connectivity index (χ0) is 11.0. The van der Waals surface area contributed by atoms with E-state index in [1.165, 1.54) is 0 Å². The Morgan fingerprint density at radius 2 is 2.19 bits per heavy atom. The molecule has 0 bridgehead atoms. The molecule has 0 unspecified atom stereocenters. The van der Waals surface area contributed by atoms with Crippen LogP contribution in [0.25, 0.3) is 11.0 Å². The highest BCUT2D eigenvalue weighted by Gasteiger charge is 2.06. The number of aromatic amines is 1. The van der Waals surface area contributed by atoms with Crippen molar-refractivity contribution in [2.45, 2.75) is 13.3 Å². The summed E-state index contributed by atoms with van der Waals surface area (Å²) in [5.41, 5.74) is 2.94. The van der Waals surface area contributed by atoms with Crippen LogP contribution in [0.1, 0.15) is 17.3 Å². The second-order valence-corrected chi connectivity index (χ2v) is 3.81. The molecule has 0 saturated heterocycles. The average Bonchev–Trinajstić information content (AvgIpc) is 2.84. The van der Waals surface area contributed by atoms with Crippen LogP contribution in [-0.4, -0.2) is 15.1 Å². The highest BCUT2D eigenvalue weighted by Crippen LogP contribution is 2.13. The van der Waals surface area contributed by atoms with Gasteiger partial charge in [0.2, 0.25) is 0 Å². The maximum atomic E-state index is 5.02. The van der Waals surface area contributed by atoms with Gasteiger partial charge in [0.25, 0.3) is 0 Å². The monoisotopic (exact) mass is 213 g/mol. The highest BCUT2D eigenvalue weighted by atomic mass is 16.5. The minimum absolute atomic E-state index is 0.673. The molecule has 0 atom stereocenters. The van der Waals surface area contributed by atoms with Gasteiger partial charge in [-0.15, -0.1) is 0 Å². The first-order valence-corrected chi connectivity index (χ1v) is 5.17. The summed E-state index contributed by atoms with van der Waals surface area (Å²) in [5.74, 6) is 1.74. The lowest BCUT2D eigenvalue weighted by Crippen LogP contribution is -1.89. The fourth-order valence-electron chi connectivity index (χ4n) is 1.76. The van der Waals surface area contributed by atoms with Gasteiger partial charge in [-0.25, -0.2) is 4.98 Å². The van der Waals surface area contributed by atoms with Crippen molar-refractivity contribution >= 4 is 11.0 Å².